The molecule has 0 spiro atoms. The van der Waals surface area contributed by atoms with Crippen molar-refractivity contribution in [3.63, 3.8) is 0 Å². The zero-order valence-corrected chi connectivity index (χ0v) is 10.2. The number of rotatable bonds is 3. The third-order valence-corrected chi connectivity index (χ3v) is 2.83. The van der Waals surface area contributed by atoms with Crippen molar-refractivity contribution < 1.29 is 9.53 Å². The number of aromatic nitrogens is 2. The monoisotopic (exact) mass is 236 g/mol. The van der Waals surface area contributed by atoms with E-state index in [0.29, 0.717) is 24.2 Å². The van der Waals surface area contributed by atoms with Crippen LogP contribution in [0.3, 0.4) is 0 Å². The van der Waals surface area contributed by atoms with Crippen molar-refractivity contribution in [2.45, 2.75) is 19.9 Å². The number of nitrogens with one attached hydrogen (secondary N) is 1. The van der Waals surface area contributed by atoms with E-state index in [1.807, 2.05) is 0 Å². The molecule has 2 heterocycles. The molecule has 1 aliphatic heterocycles. The van der Waals surface area contributed by atoms with Gasteiger partial charge in [-0.3, -0.25) is 4.90 Å². The molecule has 6 nitrogen and oxygen atoms in total. The molecule has 6 heteroatoms. The normalized spacial score (nSPS) is 19.6. The van der Waals surface area contributed by atoms with Gasteiger partial charge in [0.2, 0.25) is 5.95 Å². The molecule has 2 amide bonds. The summed E-state index contributed by atoms with van der Waals surface area (Å²) in [5.74, 6) is 1.38. The molecule has 0 saturated carbocycles. The van der Waals surface area contributed by atoms with Crippen LogP contribution in [0.2, 0.25) is 0 Å². The lowest BCUT2D eigenvalue weighted by atomic mass is 10.1. The fourth-order valence-electron chi connectivity index (χ4n) is 1.67. The Labute approximate surface area is 100 Å². The van der Waals surface area contributed by atoms with E-state index in [1.54, 1.807) is 24.4 Å². The van der Waals surface area contributed by atoms with E-state index in [-0.39, 0.29) is 12.1 Å². The van der Waals surface area contributed by atoms with Crippen LogP contribution >= 0.6 is 0 Å². The molecule has 1 aromatic heterocycles. The summed E-state index contributed by atoms with van der Waals surface area (Å²) in [6.45, 7) is 4.75. The molecular weight excluding hydrogens is 220 g/mol. The molecule has 1 N–H and O–H groups in total. The minimum Gasteiger partial charge on any atom is -0.494 e. The maximum absolute atomic E-state index is 11.7. The summed E-state index contributed by atoms with van der Waals surface area (Å²) in [7, 11) is 1.55. The summed E-state index contributed by atoms with van der Waals surface area (Å²) >= 11 is 0. The smallest absolute Gasteiger partial charge is 0.324 e. The molecule has 1 atom stereocenters. The van der Waals surface area contributed by atoms with E-state index in [2.05, 4.69) is 29.1 Å². The van der Waals surface area contributed by atoms with Crippen LogP contribution in [0.5, 0.6) is 5.75 Å². The number of methoxy groups -OCH3 is 1. The molecule has 1 aliphatic rings. The standard InChI is InChI=1S/C11H16N4O2/c1-7(2)9-6-15(11(16)14-9)10-12-4-8(17-3)5-13-10/h4-5,7,9H,6H2,1-3H3,(H,14,16)/t9-/m1/s1. The zero-order valence-electron chi connectivity index (χ0n) is 10.2. The molecule has 0 unspecified atom stereocenters. The van der Waals surface area contributed by atoms with Crippen LogP contribution in [-0.2, 0) is 0 Å². The van der Waals surface area contributed by atoms with Crippen molar-refractivity contribution in [3.8, 4) is 5.75 Å². The van der Waals surface area contributed by atoms with Crippen LogP contribution in [0, 0.1) is 5.92 Å². The highest BCUT2D eigenvalue weighted by Crippen LogP contribution is 2.18. The predicted octanol–water partition coefficient (Wildman–Crippen LogP) is 1.04. The molecule has 0 bridgehead atoms. The lowest BCUT2D eigenvalue weighted by molar-refractivity contribution is 0.249. The molecular formula is C11H16N4O2. The van der Waals surface area contributed by atoms with E-state index in [4.69, 9.17) is 4.74 Å². The van der Waals surface area contributed by atoms with Gasteiger partial charge >= 0.3 is 6.03 Å². The van der Waals surface area contributed by atoms with E-state index in [1.165, 1.54) is 0 Å². The predicted molar refractivity (Wildman–Crippen MR) is 63.1 cm³/mol. The van der Waals surface area contributed by atoms with Gasteiger partial charge < -0.3 is 10.1 Å². The second kappa shape index (κ2) is 4.57. The lowest BCUT2D eigenvalue weighted by Crippen LogP contribution is -2.31. The SMILES string of the molecule is COc1cnc(N2C[C@H](C(C)C)NC2=O)nc1. The van der Waals surface area contributed by atoms with E-state index < -0.39 is 0 Å². The summed E-state index contributed by atoms with van der Waals surface area (Å²) in [5, 5.41) is 2.91. The summed E-state index contributed by atoms with van der Waals surface area (Å²) in [6.07, 6.45) is 3.11. The fraction of sp³-hybridized carbons (Fsp3) is 0.545. The maximum Gasteiger partial charge on any atom is 0.324 e. The Kier molecular flexibility index (Phi) is 3.12. The van der Waals surface area contributed by atoms with Gasteiger partial charge in [-0.15, -0.1) is 0 Å². The highest BCUT2D eigenvalue weighted by Gasteiger charge is 2.32. The van der Waals surface area contributed by atoms with Gasteiger partial charge in [0.05, 0.1) is 32.1 Å². The van der Waals surface area contributed by atoms with E-state index in [9.17, 15) is 4.79 Å². The Bertz CT molecular complexity index is 404. The Morgan fingerprint density at radius 3 is 2.59 bits per heavy atom. The summed E-state index contributed by atoms with van der Waals surface area (Å²) in [5.41, 5.74) is 0. The first-order chi connectivity index (χ1) is 8.11. The van der Waals surface area contributed by atoms with Crippen LogP contribution < -0.4 is 15.0 Å². The lowest BCUT2D eigenvalue weighted by Gasteiger charge is -2.14. The Balaban J connectivity index is 2.14. The van der Waals surface area contributed by atoms with Crippen molar-refractivity contribution in [3.05, 3.63) is 12.4 Å². The van der Waals surface area contributed by atoms with Crippen molar-refractivity contribution in [2.24, 2.45) is 5.92 Å². The molecule has 0 radical (unpaired) electrons. The molecule has 1 aromatic rings. The van der Waals surface area contributed by atoms with Gasteiger partial charge in [0.1, 0.15) is 0 Å². The molecule has 0 aromatic carbocycles. The van der Waals surface area contributed by atoms with Gasteiger partial charge in [0.25, 0.3) is 0 Å². The average molecular weight is 236 g/mol. The van der Waals surface area contributed by atoms with E-state index >= 15 is 0 Å². The minimum atomic E-state index is -0.145. The van der Waals surface area contributed by atoms with Crippen molar-refractivity contribution in [1.82, 2.24) is 15.3 Å². The second-order valence-electron chi connectivity index (χ2n) is 4.33. The first-order valence-corrected chi connectivity index (χ1v) is 5.56. The minimum absolute atomic E-state index is 0.145. The number of anilines is 1. The van der Waals surface area contributed by atoms with Gasteiger partial charge in [0.15, 0.2) is 5.75 Å². The highest BCUT2D eigenvalue weighted by molar-refractivity contribution is 5.92. The summed E-state index contributed by atoms with van der Waals surface area (Å²) in [4.78, 5) is 21.5. The first-order valence-electron chi connectivity index (χ1n) is 5.56. The highest BCUT2D eigenvalue weighted by atomic mass is 16.5. The number of urea groups is 1. The van der Waals surface area contributed by atoms with Gasteiger partial charge in [-0.05, 0) is 5.92 Å². The molecule has 92 valence electrons. The number of carbonyl (C=O) groups is 1. The van der Waals surface area contributed by atoms with Gasteiger partial charge in [-0.25, -0.2) is 14.8 Å². The average Bonchev–Trinajstić information content (AvgIpc) is 2.72. The first kappa shape index (κ1) is 11.6. The van der Waals surface area contributed by atoms with E-state index in [0.717, 1.165) is 0 Å². The van der Waals surface area contributed by atoms with Gasteiger partial charge in [-0.1, -0.05) is 13.8 Å². The summed E-state index contributed by atoms with van der Waals surface area (Å²) in [6, 6.07) is 0.00192. The second-order valence-corrected chi connectivity index (χ2v) is 4.33. The quantitative estimate of drug-likeness (QED) is 0.851. The third kappa shape index (κ3) is 2.30. The summed E-state index contributed by atoms with van der Waals surface area (Å²) < 4.78 is 4.97. The number of hydrogen-bond acceptors (Lipinski definition) is 4. The fourth-order valence-corrected chi connectivity index (χ4v) is 1.67. The van der Waals surface area contributed by atoms with Crippen LogP contribution in [0.4, 0.5) is 10.7 Å². The van der Waals surface area contributed by atoms with Crippen molar-refractivity contribution in [1.29, 1.82) is 0 Å². The third-order valence-electron chi connectivity index (χ3n) is 2.83. The van der Waals surface area contributed by atoms with Crippen LogP contribution in [-0.4, -0.2) is 35.7 Å². The Morgan fingerprint density at radius 2 is 2.12 bits per heavy atom. The zero-order chi connectivity index (χ0) is 12.4. The largest absolute Gasteiger partial charge is 0.494 e. The van der Waals surface area contributed by atoms with Gasteiger partial charge in [-0.2, -0.15) is 0 Å². The van der Waals surface area contributed by atoms with Gasteiger partial charge in [0, 0.05) is 0 Å². The number of nitrogens with zero attached hydrogens (tertiary/aromatic N) is 3. The Morgan fingerprint density at radius 1 is 1.47 bits per heavy atom. The number of carbonyl (C=O) groups excluding carboxylic acids is 1. The van der Waals surface area contributed by atoms with Crippen molar-refractivity contribution in [2.75, 3.05) is 18.6 Å². The number of amides is 2. The molecule has 2 rings (SSSR count). The van der Waals surface area contributed by atoms with Crippen LogP contribution in [0.25, 0.3) is 0 Å². The molecule has 0 aliphatic carbocycles. The number of ether oxygens (including phenoxy) is 1. The molecule has 17 heavy (non-hydrogen) atoms. The molecule has 1 fully saturated rings. The topological polar surface area (TPSA) is 67.3 Å². The van der Waals surface area contributed by atoms with Crippen molar-refractivity contribution >= 4 is 12.0 Å². The Hall–Kier alpha value is -1.85. The number of hydrogen-bond donors (Lipinski definition) is 1. The van der Waals surface area contributed by atoms with Crippen LogP contribution in [0.1, 0.15) is 13.8 Å². The maximum atomic E-state index is 11.7. The van der Waals surface area contributed by atoms with Crippen LogP contribution in [0.15, 0.2) is 12.4 Å². The molecule has 1 saturated heterocycles.